The normalized spacial score (nSPS) is 22.3. The summed E-state index contributed by atoms with van der Waals surface area (Å²) in [6.45, 7) is 0.0554. The van der Waals surface area contributed by atoms with Gasteiger partial charge in [-0.1, -0.05) is 0 Å². The third kappa shape index (κ3) is 2.11. The fraction of sp³-hybridized carbons (Fsp3) is 0.500. The van der Waals surface area contributed by atoms with E-state index in [4.69, 9.17) is 10.7 Å². The van der Waals surface area contributed by atoms with Crippen LogP contribution in [0, 0.1) is 0 Å². The molecule has 0 radical (unpaired) electrons. The van der Waals surface area contributed by atoms with Gasteiger partial charge in [-0.15, -0.1) is 0 Å². The van der Waals surface area contributed by atoms with Crippen molar-refractivity contribution < 1.29 is 13.2 Å². The van der Waals surface area contributed by atoms with Crippen molar-refractivity contribution in [3.05, 3.63) is 6.33 Å². The number of anilines is 1. The van der Waals surface area contributed by atoms with Crippen LogP contribution in [0.25, 0.3) is 0 Å². The lowest BCUT2D eigenvalue weighted by Gasteiger charge is -2.10. The van der Waals surface area contributed by atoms with Gasteiger partial charge in [0.2, 0.25) is 20.1 Å². The average Bonchev–Trinajstić information content (AvgIpc) is 2.69. The Morgan fingerprint density at radius 1 is 1.60 bits per heavy atom. The molecule has 2 heterocycles. The van der Waals surface area contributed by atoms with Crippen LogP contribution < -0.4 is 4.90 Å². The van der Waals surface area contributed by atoms with Crippen molar-refractivity contribution in [2.75, 3.05) is 11.4 Å². The summed E-state index contributed by atoms with van der Waals surface area (Å²) in [4.78, 5) is 16.6. The Morgan fingerprint density at radius 2 is 2.33 bits per heavy atom. The molecule has 0 bridgehead atoms. The Morgan fingerprint density at radius 3 is 2.80 bits per heavy atom. The van der Waals surface area contributed by atoms with Crippen molar-refractivity contribution in [1.82, 2.24) is 9.36 Å². The molecule has 0 saturated carbocycles. The van der Waals surface area contributed by atoms with E-state index in [9.17, 15) is 13.2 Å². The Balaban J connectivity index is 2.23. The van der Waals surface area contributed by atoms with Crippen LogP contribution >= 0.6 is 22.2 Å². The Bertz CT molecular complexity index is 472. The van der Waals surface area contributed by atoms with Gasteiger partial charge in [0.25, 0.3) is 0 Å². The molecule has 1 unspecified atom stereocenters. The monoisotopic (exact) mass is 267 g/mol. The van der Waals surface area contributed by atoms with Gasteiger partial charge in [0, 0.05) is 35.2 Å². The van der Waals surface area contributed by atoms with E-state index >= 15 is 0 Å². The molecule has 0 aliphatic carbocycles. The maximum Gasteiger partial charge on any atom is 0.237 e. The lowest BCUT2D eigenvalue weighted by molar-refractivity contribution is -0.117. The Labute approximate surface area is 94.5 Å². The van der Waals surface area contributed by atoms with Gasteiger partial charge in [0.05, 0.1) is 0 Å². The summed E-state index contributed by atoms with van der Waals surface area (Å²) in [7, 11) is 1.50. The Kier molecular flexibility index (Phi) is 2.65. The van der Waals surface area contributed by atoms with E-state index < -0.39 is 14.3 Å². The lowest BCUT2D eigenvalue weighted by Crippen LogP contribution is -2.26. The number of amides is 1. The van der Waals surface area contributed by atoms with Crippen LogP contribution in [-0.4, -0.2) is 35.5 Å². The minimum absolute atomic E-state index is 0.0554. The van der Waals surface area contributed by atoms with E-state index in [2.05, 4.69) is 9.36 Å². The number of carbonyl (C=O) groups is 1. The average molecular weight is 268 g/mol. The summed E-state index contributed by atoms with van der Waals surface area (Å²) < 4.78 is 25.8. The fourth-order valence-electron chi connectivity index (χ4n) is 1.33. The van der Waals surface area contributed by atoms with Crippen LogP contribution in [0.5, 0.6) is 0 Å². The molecule has 0 spiro atoms. The first-order valence-corrected chi connectivity index (χ1v) is 7.13. The highest BCUT2D eigenvalue weighted by Gasteiger charge is 2.39. The SMILES string of the molecule is O=C1CC(S(=O)(=O)Cl)CN1c1ncns1. The van der Waals surface area contributed by atoms with Gasteiger partial charge in [-0.25, -0.2) is 13.4 Å². The summed E-state index contributed by atoms with van der Waals surface area (Å²) in [5.74, 6) is -0.291. The molecule has 1 aromatic heterocycles. The lowest BCUT2D eigenvalue weighted by atomic mass is 10.4. The largest absolute Gasteiger partial charge is 0.285 e. The maximum absolute atomic E-state index is 11.5. The van der Waals surface area contributed by atoms with E-state index in [0.29, 0.717) is 5.13 Å². The standard InChI is InChI=1S/C6H6ClN3O3S2/c7-15(12,13)4-1-5(11)10(2-4)6-8-3-9-14-6/h3-4H,1-2H2. The van der Waals surface area contributed by atoms with Gasteiger partial charge in [0.1, 0.15) is 11.6 Å². The number of hydrogen-bond acceptors (Lipinski definition) is 6. The molecule has 1 saturated heterocycles. The fourth-order valence-corrected chi connectivity index (χ4v) is 2.92. The predicted octanol–water partition coefficient (Wildman–Crippen LogP) is 0.212. The topological polar surface area (TPSA) is 80.2 Å². The molecule has 1 fully saturated rings. The second kappa shape index (κ2) is 3.69. The molecule has 1 aliphatic rings. The highest BCUT2D eigenvalue weighted by molar-refractivity contribution is 8.14. The molecule has 1 aliphatic heterocycles. The van der Waals surface area contributed by atoms with Crippen LogP contribution in [0.2, 0.25) is 0 Å². The molecule has 6 nitrogen and oxygen atoms in total. The highest BCUT2D eigenvalue weighted by atomic mass is 35.7. The molecule has 1 aromatic rings. The van der Waals surface area contributed by atoms with Crippen molar-refractivity contribution in [2.24, 2.45) is 0 Å². The molecule has 82 valence electrons. The van der Waals surface area contributed by atoms with Crippen molar-refractivity contribution in [3.63, 3.8) is 0 Å². The summed E-state index contributed by atoms with van der Waals surface area (Å²) in [6, 6.07) is 0. The summed E-state index contributed by atoms with van der Waals surface area (Å²) in [5, 5.41) is -0.446. The minimum Gasteiger partial charge on any atom is -0.285 e. The molecular formula is C6H6ClN3O3S2. The van der Waals surface area contributed by atoms with Gasteiger partial charge >= 0.3 is 0 Å². The molecule has 9 heteroatoms. The van der Waals surface area contributed by atoms with E-state index in [0.717, 1.165) is 11.5 Å². The van der Waals surface area contributed by atoms with Gasteiger partial charge in [-0.05, 0) is 0 Å². The molecule has 0 N–H and O–H groups in total. The molecule has 2 rings (SSSR count). The zero-order chi connectivity index (χ0) is 11.1. The summed E-state index contributed by atoms with van der Waals surface area (Å²) in [5.41, 5.74) is 0. The van der Waals surface area contributed by atoms with Crippen LogP contribution in [0.4, 0.5) is 5.13 Å². The van der Waals surface area contributed by atoms with Crippen molar-refractivity contribution >= 4 is 42.3 Å². The number of rotatable bonds is 2. The van der Waals surface area contributed by atoms with E-state index in [-0.39, 0.29) is 18.9 Å². The van der Waals surface area contributed by atoms with Gasteiger partial charge in [-0.3, -0.25) is 9.69 Å². The first-order valence-electron chi connectivity index (χ1n) is 3.99. The van der Waals surface area contributed by atoms with Gasteiger partial charge in [-0.2, -0.15) is 4.37 Å². The molecule has 1 amide bonds. The summed E-state index contributed by atoms with van der Waals surface area (Å²) in [6.07, 6.45) is 1.22. The van der Waals surface area contributed by atoms with E-state index in [1.165, 1.54) is 11.2 Å². The van der Waals surface area contributed by atoms with Crippen LogP contribution in [0.15, 0.2) is 6.33 Å². The number of hydrogen-bond donors (Lipinski definition) is 0. The molecule has 0 aromatic carbocycles. The zero-order valence-corrected chi connectivity index (χ0v) is 9.72. The van der Waals surface area contributed by atoms with Crippen molar-refractivity contribution in [2.45, 2.75) is 11.7 Å². The van der Waals surface area contributed by atoms with Gasteiger partial charge in [0.15, 0.2) is 0 Å². The zero-order valence-electron chi connectivity index (χ0n) is 7.33. The maximum atomic E-state index is 11.5. The number of aromatic nitrogens is 2. The molecule has 15 heavy (non-hydrogen) atoms. The predicted molar refractivity (Wildman–Crippen MR) is 55.4 cm³/mol. The third-order valence-electron chi connectivity index (χ3n) is 2.07. The highest BCUT2D eigenvalue weighted by Crippen LogP contribution is 2.26. The second-order valence-electron chi connectivity index (χ2n) is 3.03. The van der Waals surface area contributed by atoms with Crippen LogP contribution in [0.3, 0.4) is 0 Å². The number of nitrogens with zero attached hydrogens (tertiary/aromatic N) is 3. The minimum atomic E-state index is -3.69. The number of carbonyl (C=O) groups excluding carboxylic acids is 1. The smallest absolute Gasteiger partial charge is 0.237 e. The summed E-state index contributed by atoms with van der Waals surface area (Å²) >= 11 is 1.04. The van der Waals surface area contributed by atoms with Crippen LogP contribution in [0.1, 0.15) is 6.42 Å². The van der Waals surface area contributed by atoms with Crippen molar-refractivity contribution in [1.29, 1.82) is 0 Å². The quantitative estimate of drug-likeness (QED) is 0.716. The van der Waals surface area contributed by atoms with E-state index in [1.807, 2.05) is 0 Å². The molecule has 1 atom stereocenters. The number of halogens is 1. The van der Waals surface area contributed by atoms with Gasteiger partial charge < -0.3 is 0 Å². The first-order chi connectivity index (χ1) is 6.98. The van der Waals surface area contributed by atoms with Crippen molar-refractivity contribution in [3.8, 4) is 0 Å². The Hall–Kier alpha value is -0.730. The first kappa shape index (κ1) is 10.8. The third-order valence-corrected chi connectivity index (χ3v) is 4.63. The van der Waals surface area contributed by atoms with E-state index in [1.54, 1.807) is 0 Å². The van der Waals surface area contributed by atoms with Crippen LogP contribution in [-0.2, 0) is 13.8 Å². The molecular weight excluding hydrogens is 262 g/mol. The second-order valence-corrected chi connectivity index (χ2v) is 6.70.